The number of nitrogens with zero attached hydrogens (tertiary/aromatic N) is 2. The standard InChI is InChI=1S/C15H28N2/c1-12(2)8-16-9-13-7-14(11-16)15-5-3-4-6-17(15)10-13/h12-15H,3-11H2,1-2H3/t13?,14-,15+/m1/s1. The molecule has 0 aromatic rings. The van der Waals surface area contributed by atoms with Gasteiger partial charge in [-0.2, -0.15) is 0 Å². The Bertz CT molecular complexity index is 264. The first-order valence-corrected chi connectivity index (χ1v) is 7.69. The van der Waals surface area contributed by atoms with E-state index in [9.17, 15) is 0 Å². The van der Waals surface area contributed by atoms with Crippen LogP contribution in [0.15, 0.2) is 0 Å². The molecule has 2 nitrogen and oxygen atoms in total. The normalized spacial score (nSPS) is 39.4. The molecule has 3 heterocycles. The Labute approximate surface area is 106 Å². The number of fused-ring (bicyclic) bond motifs is 4. The van der Waals surface area contributed by atoms with Crippen LogP contribution in [0.1, 0.15) is 39.5 Å². The molecular weight excluding hydrogens is 208 g/mol. The summed E-state index contributed by atoms with van der Waals surface area (Å²) in [6, 6.07) is 0.940. The average Bonchev–Trinajstić information content (AvgIpc) is 2.27. The molecule has 3 aliphatic rings. The number of rotatable bonds is 2. The van der Waals surface area contributed by atoms with Crippen LogP contribution in [-0.4, -0.2) is 48.6 Å². The molecule has 0 aromatic heterocycles. The maximum Gasteiger partial charge on any atom is 0.0136 e. The Kier molecular flexibility index (Phi) is 3.45. The first-order valence-electron chi connectivity index (χ1n) is 7.69. The fourth-order valence-electron chi connectivity index (χ4n) is 4.53. The van der Waals surface area contributed by atoms with Gasteiger partial charge in [-0.25, -0.2) is 0 Å². The molecule has 17 heavy (non-hydrogen) atoms. The van der Waals surface area contributed by atoms with Gasteiger partial charge in [-0.3, -0.25) is 4.90 Å². The minimum Gasteiger partial charge on any atom is -0.302 e. The van der Waals surface area contributed by atoms with Gasteiger partial charge < -0.3 is 4.90 Å². The summed E-state index contributed by atoms with van der Waals surface area (Å²) in [4.78, 5) is 5.59. The molecule has 3 saturated heterocycles. The molecule has 0 saturated carbocycles. The van der Waals surface area contributed by atoms with Gasteiger partial charge in [-0.15, -0.1) is 0 Å². The molecule has 0 radical (unpaired) electrons. The molecule has 3 atom stereocenters. The molecule has 1 unspecified atom stereocenters. The molecule has 0 aliphatic carbocycles. The summed E-state index contributed by atoms with van der Waals surface area (Å²) in [5.74, 6) is 2.79. The van der Waals surface area contributed by atoms with Crippen LogP contribution in [0.5, 0.6) is 0 Å². The Morgan fingerprint density at radius 1 is 1.12 bits per heavy atom. The van der Waals surface area contributed by atoms with E-state index in [1.54, 1.807) is 0 Å². The predicted molar refractivity (Wildman–Crippen MR) is 72.1 cm³/mol. The first kappa shape index (κ1) is 12.0. The van der Waals surface area contributed by atoms with Crippen LogP contribution >= 0.6 is 0 Å². The minimum absolute atomic E-state index is 0.830. The number of piperidine rings is 3. The fourth-order valence-corrected chi connectivity index (χ4v) is 4.53. The smallest absolute Gasteiger partial charge is 0.0136 e. The van der Waals surface area contributed by atoms with Crippen LogP contribution in [0.2, 0.25) is 0 Å². The summed E-state index contributed by atoms with van der Waals surface area (Å²) in [7, 11) is 0. The summed E-state index contributed by atoms with van der Waals surface area (Å²) < 4.78 is 0. The highest BCUT2D eigenvalue weighted by Gasteiger charge is 2.41. The first-order chi connectivity index (χ1) is 8.22. The van der Waals surface area contributed by atoms with Crippen molar-refractivity contribution in [1.29, 1.82) is 0 Å². The van der Waals surface area contributed by atoms with Crippen molar-refractivity contribution < 1.29 is 0 Å². The van der Waals surface area contributed by atoms with E-state index in [2.05, 4.69) is 23.6 Å². The molecule has 0 N–H and O–H groups in total. The lowest BCUT2D eigenvalue weighted by molar-refractivity contribution is -0.0327. The van der Waals surface area contributed by atoms with Crippen LogP contribution in [0.4, 0.5) is 0 Å². The van der Waals surface area contributed by atoms with Crippen molar-refractivity contribution in [2.45, 2.75) is 45.6 Å². The largest absolute Gasteiger partial charge is 0.302 e. The van der Waals surface area contributed by atoms with Crippen LogP contribution in [0, 0.1) is 17.8 Å². The van der Waals surface area contributed by atoms with E-state index < -0.39 is 0 Å². The van der Waals surface area contributed by atoms with E-state index in [0.29, 0.717) is 0 Å². The molecule has 3 aliphatic heterocycles. The number of likely N-dealkylation sites (tertiary alicyclic amines) is 1. The van der Waals surface area contributed by atoms with Crippen molar-refractivity contribution in [2.24, 2.45) is 17.8 Å². The molecule has 98 valence electrons. The monoisotopic (exact) mass is 236 g/mol. The van der Waals surface area contributed by atoms with Gasteiger partial charge in [0.15, 0.2) is 0 Å². The molecule has 3 rings (SSSR count). The van der Waals surface area contributed by atoms with Gasteiger partial charge in [0.1, 0.15) is 0 Å². The molecule has 2 bridgehead atoms. The highest BCUT2D eigenvalue weighted by atomic mass is 15.2. The lowest BCUT2D eigenvalue weighted by atomic mass is 9.76. The van der Waals surface area contributed by atoms with Crippen LogP contribution in [-0.2, 0) is 0 Å². The zero-order valence-electron chi connectivity index (χ0n) is 11.6. The van der Waals surface area contributed by atoms with Gasteiger partial charge in [0.05, 0.1) is 0 Å². The quantitative estimate of drug-likeness (QED) is 0.726. The molecule has 0 amide bonds. The summed E-state index contributed by atoms with van der Waals surface area (Å²) in [6.07, 6.45) is 5.93. The lowest BCUT2D eigenvalue weighted by Gasteiger charge is -2.52. The Morgan fingerprint density at radius 3 is 2.82 bits per heavy atom. The van der Waals surface area contributed by atoms with Gasteiger partial charge in [0.25, 0.3) is 0 Å². The average molecular weight is 236 g/mol. The summed E-state index contributed by atoms with van der Waals surface area (Å²) >= 11 is 0. The SMILES string of the molecule is CC(C)CN1CC2C[C@H](C1)[C@@H]1CCCCN1C2. The summed E-state index contributed by atoms with van der Waals surface area (Å²) in [5, 5.41) is 0. The van der Waals surface area contributed by atoms with Crippen LogP contribution < -0.4 is 0 Å². The molecule has 2 heteroatoms. The van der Waals surface area contributed by atoms with E-state index in [-0.39, 0.29) is 0 Å². The Hall–Kier alpha value is -0.0800. The number of hydrogen-bond acceptors (Lipinski definition) is 2. The second kappa shape index (κ2) is 4.89. The fraction of sp³-hybridized carbons (Fsp3) is 1.00. The minimum atomic E-state index is 0.830. The third-order valence-corrected chi connectivity index (χ3v) is 4.97. The van der Waals surface area contributed by atoms with E-state index in [4.69, 9.17) is 0 Å². The van der Waals surface area contributed by atoms with Crippen molar-refractivity contribution in [1.82, 2.24) is 9.80 Å². The van der Waals surface area contributed by atoms with E-state index in [1.165, 1.54) is 58.4 Å². The molecule has 3 fully saturated rings. The zero-order valence-corrected chi connectivity index (χ0v) is 11.6. The Morgan fingerprint density at radius 2 is 2.00 bits per heavy atom. The van der Waals surface area contributed by atoms with Crippen molar-refractivity contribution in [3.8, 4) is 0 Å². The lowest BCUT2D eigenvalue weighted by Crippen LogP contribution is -2.59. The topological polar surface area (TPSA) is 6.48 Å². The van der Waals surface area contributed by atoms with E-state index in [0.717, 1.165) is 23.8 Å². The molecule has 0 spiro atoms. The zero-order chi connectivity index (χ0) is 11.8. The van der Waals surface area contributed by atoms with Gasteiger partial charge in [-0.1, -0.05) is 20.3 Å². The van der Waals surface area contributed by atoms with Gasteiger partial charge in [-0.05, 0) is 43.6 Å². The second-order valence-electron chi connectivity index (χ2n) is 7.03. The highest BCUT2D eigenvalue weighted by molar-refractivity contribution is 4.95. The van der Waals surface area contributed by atoms with Crippen molar-refractivity contribution in [3.05, 3.63) is 0 Å². The maximum absolute atomic E-state index is 2.83. The number of hydrogen-bond donors (Lipinski definition) is 0. The molecular formula is C15H28N2. The van der Waals surface area contributed by atoms with Gasteiger partial charge in [0, 0.05) is 32.2 Å². The van der Waals surface area contributed by atoms with Crippen molar-refractivity contribution >= 4 is 0 Å². The van der Waals surface area contributed by atoms with Crippen molar-refractivity contribution in [3.63, 3.8) is 0 Å². The van der Waals surface area contributed by atoms with Crippen molar-refractivity contribution in [2.75, 3.05) is 32.7 Å². The Balaban J connectivity index is 1.66. The third kappa shape index (κ3) is 2.53. The maximum atomic E-state index is 2.83. The highest BCUT2D eigenvalue weighted by Crippen LogP contribution is 2.37. The summed E-state index contributed by atoms with van der Waals surface area (Å²) in [5.41, 5.74) is 0. The van der Waals surface area contributed by atoms with E-state index >= 15 is 0 Å². The van der Waals surface area contributed by atoms with Crippen LogP contribution in [0.3, 0.4) is 0 Å². The van der Waals surface area contributed by atoms with Gasteiger partial charge in [0.2, 0.25) is 0 Å². The van der Waals surface area contributed by atoms with Crippen LogP contribution in [0.25, 0.3) is 0 Å². The third-order valence-electron chi connectivity index (χ3n) is 4.97. The molecule has 0 aromatic carbocycles. The van der Waals surface area contributed by atoms with E-state index in [1.807, 2.05) is 0 Å². The second-order valence-corrected chi connectivity index (χ2v) is 7.03. The predicted octanol–water partition coefficient (Wildman–Crippen LogP) is 2.45. The van der Waals surface area contributed by atoms with Gasteiger partial charge >= 0.3 is 0 Å². The summed E-state index contributed by atoms with van der Waals surface area (Å²) in [6.45, 7) is 11.6.